The minimum Gasteiger partial charge on any atom is -0.406 e. The van der Waals surface area contributed by atoms with Gasteiger partial charge in [-0.1, -0.05) is 6.07 Å². The fraction of sp³-hybridized carbons (Fsp3) is 0.111. The van der Waals surface area contributed by atoms with Gasteiger partial charge in [0.15, 0.2) is 0 Å². The fourth-order valence-corrected chi connectivity index (χ4v) is 2.41. The number of alkyl halides is 3. The monoisotopic (exact) mass is 406 g/mol. The molecule has 11 heteroatoms. The number of H-pyrrole nitrogens is 1. The maximum atomic E-state index is 12.5. The highest BCUT2D eigenvalue weighted by atomic mass is 19.4. The summed E-state index contributed by atoms with van der Waals surface area (Å²) in [4.78, 5) is 43.2. The smallest absolute Gasteiger partial charge is 0.406 e. The molecule has 1 amide bonds. The van der Waals surface area contributed by atoms with Crippen LogP contribution >= 0.6 is 0 Å². The summed E-state index contributed by atoms with van der Waals surface area (Å²) in [6.45, 7) is -0.139. The van der Waals surface area contributed by atoms with Gasteiger partial charge in [0.2, 0.25) is 0 Å². The normalized spacial score (nSPS) is 11.1. The maximum absolute atomic E-state index is 12.5. The van der Waals surface area contributed by atoms with Crippen LogP contribution in [-0.2, 0) is 6.54 Å². The van der Waals surface area contributed by atoms with Gasteiger partial charge < -0.3 is 15.0 Å². The zero-order valence-electron chi connectivity index (χ0n) is 14.6. The summed E-state index contributed by atoms with van der Waals surface area (Å²) in [6.07, 6.45) is -2.37. The van der Waals surface area contributed by atoms with Crippen LogP contribution in [0.3, 0.4) is 0 Å². The van der Waals surface area contributed by atoms with Crippen LogP contribution in [-0.4, -0.2) is 26.8 Å². The van der Waals surface area contributed by atoms with E-state index >= 15 is 0 Å². The Balaban J connectivity index is 1.80. The Hall–Kier alpha value is -3.89. The van der Waals surface area contributed by atoms with E-state index in [1.54, 1.807) is 18.2 Å². The number of aromatic nitrogens is 3. The molecule has 0 saturated carbocycles. The van der Waals surface area contributed by atoms with Crippen molar-refractivity contribution in [2.75, 3.05) is 5.32 Å². The molecule has 0 bridgehead atoms. The summed E-state index contributed by atoms with van der Waals surface area (Å²) < 4.78 is 41.1. The van der Waals surface area contributed by atoms with Gasteiger partial charge in [0.1, 0.15) is 11.3 Å². The number of pyridine rings is 1. The molecule has 0 radical (unpaired) electrons. The van der Waals surface area contributed by atoms with E-state index in [1.807, 2.05) is 0 Å². The molecule has 3 aromatic rings. The van der Waals surface area contributed by atoms with Crippen molar-refractivity contribution in [3.8, 4) is 5.75 Å². The van der Waals surface area contributed by atoms with Crippen LogP contribution in [0.15, 0.2) is 64.4 Å². The Bertz CT molecular complexity index is 1120. The predicted molar refractivity (Wildman–Crippen MR) is 95.7 cm³/mol. The first-order chi connectivity index (χ1) is 13.7. The van der Waals surface area contributed by atoms with Gasteiger partial charge in [-0.3, -0.25) is 19.1 Å². The lowest BCUT2D eigenvalue weighted by molar-refractivity contribution is -0.274. The lowest BCUT2D eigenvalue weighted by Crippen LogP contribution is -2.39. The third kappa shape index (κ3) is 5.09. The Kier molecular flexibility index (Phi) is 5.48. The molecule has 0 aliphatic rings. The molecule has 2 N–H and O–H groups in total. The van der Waals surface area contributed by atoms with Crippen LogP contribution in [0.1, 0.15) is 16.1 Å². The molecule has 0 saturated heterocycles. The molecular weight excluding hydrogens is 393 g/mol. The predicted octanol–water partition coefficient (Wildman–Crippen LogP) is 2.13. The molecule has 0 aliphatic heterocycles. The number of aromatic amines is 1. The number of hydrogen-bond donors (Lipinski definition) is 2. The number of ether oxygens (including phenoxy) is 1. The Morgan fingerprint density at radius 2 is 1.86 bits per heavy atom. The lowest BCUT2D eigenvalue weighted by Gasteiger charge is -2.10. The minimum atomic E-state index is -4.83. The molecule has 0 unspecified atom stereocenters. The molecule has 3 rings (SSSR count). The summed E-state index contributed by atoms with van der Waals surface area (Å²) in [5, 5.41) is 2.37. The van der Waals surface area contributed by atoms with Gasteiger partial charge in [-0.25, -0.2) is 4.79 Å². The molecule has 150 valence electrons. The standard InChI is InChI=1S/C18H13F3N4O4/c19-18(20,21)29-13-6-4-11(5-7-13)24-15(26)14-9-23-17(28)25(16(14)27)10-12-3-1-2-8-22-12/h1-9H,10H2,(H,23,28)(H,24,26). The number of carbonyl (C=O) groups excluding carboxylic acids is 1. The van der Waals surface area contributed by atoms with Crippen LogP contribution in [0.2, 0.25) is 0 Å². The summed E-state index contributed by atoms with van der Waals surface area (Å²) in [7, 11) is 0. The van der Waals surface area contributed by atoms with Crippen molar-refractivity contribution in [3.63, 3.8) is 0 Å². The topological polar surface area (TPSA) is 106 Å². The maximum Gasteiger partial charge on any atom is 0.573 e. The highest BCUT2D eigenvalue weighted by Crippen LogP contribution is 2.24. The van der Waals surface area contributed by atoms with Crippen molar-refractivity contribution < 1.29 is 22.7 Å². The van der Waals surface area contributed by atoms with Crippen LogP contribution in [0, 0.1) is 0 Å². The van der Waals surface area contributed by atoms with Gasteiger partial charge in [0.05, 0.1) is 12.2 Å². The molecule has 0 spiro atoms. The molecular formula is C18H13F3N4O4. The van der Waals surface area contributed by atoms with E-state index in [4.69, 9.17) is 0 Å². The van der Waals surface area contributed by atoms with Crippen molar-refractivity contribution in [2.24, 2.45) is 0 Å². The van der Waals surface area contributed by atoms with Crippen molar-refractivity contribution in [3.05, 3.63) is 87.0 Å². The Morgan fingerprint density at radius 1 is 1.14 bits per heavy atom. The first-order valence-corrected chi connectivity index (χ1v) is 8.12. The second kappa shape index (κ2) is 8.00. The molecule has 8 nitrogen and oxygen atoms in total. The van der Waals surface area contributed by atoms with Gasteiger partial charge in [-0.2, -0.15) is 0 Å². The highest BCUT2D eigenvalue weighted by Gasteiger charge is 2.31. The Morgan fingerprint density at radius 3 is 2.48 bits per heavy atom. The quantitative estimate of drug-likeness (QED) is 0.675. The molecule has 0 aliphatic carbocycles. The fourth-order valence-electron chi connectivity index (χ4n) is 2.41. The number of rotatable bonds is 5. The van der Waals surface area contributed by atoms with Crippen molar-refractivity contribution in [1.82, 2.24) is 14.5 Å². The van der Waals surface area contributed by atoms with E-state index in [0.717, 1.165) is 22.9 Å². The van der Waals surface area contributed by atoms with E-state index < -0.39 is 29.3 Å². The third-order valence-corrected chi connectivity index (χ3v) is 3.70. The molecule has 2 heterocycles. The molecule has 0 atom stereocenters. The van der Waals surface area contributed by atoms with E-state index in [0.29, 0.717) is 5.69 Å². The number of amides is 1. The third-order valence-electron chi connectivity index (χ3n) is 3.70. The number of benzene rings is 1. The highest BCUT2D eigenvalue weighted by molar-refractivity contribution is 6.03. The summed E-state index contributed by atoms with van der Waals surface area (Å²) in [6, 6.07) is 9.34. The van der Waals surface area contributed by atoms with E-state index in [9.17, 15) is 27.6 Å². The van der Waals surface area contributed by atoms with Gasteiger partial charge in [-0.15, -0.1) is 13.2 Å². The zero-order chi connectivity index (χ0) is 21.0. The number of carbonyl (C=O) groups is 1. The van der Waals surface area contributed by atoms with Crippen molar-refractivity contribution in [2.45, 2.75) is 12.9 Å². The van der Waals surface area contributed by atoms with Crippen LogP contribution in [0.4, 0.5) is 18.9 Å². The minimum absolute atomic E-state index is 0.131. The van der Waals surface area contributed by atoms with Crippen LogP contribution < -0.4 is 21.3 Å². The second-order valence-electron chi connectivity index (χ2n) is 5.75. The second-order valence-corrected chi connectivity index (χ2v) is 5.75. The first-order valence-electron chi connectivity index (χ1n) is 8.12. The van der Waals surface area contributed by atoms with Gasteiger partial charge in [0, 0.05) is 18.1 Å². The summed E-state index contributed by atoms with van der Waals surface area (Å²) in [5.41, 5.74) is -1.33. The van der Waals surface area contributed by atoms with Gasteiger partial charge >= 0.3 is 12.1 Å². The Labute approximate surface area is 160 Å². The van der Waals surface area contributed by atoms with Crippen molar-refractivity contribution in [1.29, 1.82) is 0 Å². The largest absolute Gasteiger partial charge is 0.573 e. The van der Waals surface area contributed by atoms with E-state index in [1.165, 1.54) is 18.3 Å². The van der Waals surface area contributed by atoms with Crippen LogP contribution in [0.25, 0.3) is 0 Å². The average Bonchev–Trinajstić information content (AvgIpc) is 2.66. The zero-order valence-corrected chi connectivity index (χ0v) is 14.6. The molecule has 1 aromatic carbocycles. The van der Waals surface area contributed by atoms with E-state index in [-0.39, 0.29) is 17.8 Å². The van der Waals surface area contributed by atoms with Crippen molar-refractivity contribution >= 4 is 11.6 Å². The number of anilines is 1. The summed E-state index contributed by atoms with van der Waals surface area (Å²) >= 11 is 0. The number of nitrogens with zero attached hydrogens (tertiary/aromatic N) is 2. The number of halogens is 3. The summed E-state index contributed by atoms with van der Waals surface area (Å²) in [5.74, 6) is -1.30. The SMILES string of the molecule is O=C(Nc1ccc(OC(F)(F)F)cc1)c1c[nH]c(=O)n(Cc2ccccn2)c1=O. The first kappa shape index (κ1) is 19.9. The number of nitrogens with one attached hydrogen (secondary N) is 2. The lowest BCUT2D eigenvalue weighted by atomic mass is 10.2. The van der Waals surface area contributed by atoms with Crippen LogP contribution in [0.5, 0.6) is 5.75 Å². The van der Waals surface area contributed by atoms with E-state index in [2.05, 4.69) is 20.0 Å². The average molecular weight is 406 g/mol. The molecule has 2 aromatic heterocycles. The molecule has 29 heavy (non-hydrogen) atoms. The molecule has 0 fully saturated rings. The van der Waals surface area contributed by atoms with Gasteiger partial charge in [-0.05, 0) is 36.4 Å². The van der Waals surface area contributed by atoms with Gasteiger partial charge in [0.25, 0.3) is 11.5 Å². The number of hydrogen-bond acceptors (Lipinski definition) is 5.